The highest BCUT2D eigenvalue weighted by molar-refractivity contribution is 5.07. The Hall–Kier alpha value is -1.73. The average Bonchev–Trinajstić information content (AvgIpc) is 3.16. The zero-order valence-corrected chi connectivity index (χ0v) is 10.6. The van der Waals surface area contributed by atoms with E-state index in [0.717, 1.165) is 31.9 Å². The van der Waals surface area contributed by atoms with Gasteiger partial charge in [-0.15, -0.1) is 0 Å². The van der Waals surface area contributed by atoms with Gasteiger partial charge in [-0.2, -0.15) is 4.98 Å². The van der Waals surface area contributed by atoms with Crippen molar-refractivity contribution in [1.82, 2.24) is 19.7 Å². The minimum atomic E-state index is -0.0322. The molecule has 0 spiro atoms. The molecule has 1 fully saturated rings. The van der Waals surface area contributed by atoms with Crippen LogP contribution < -0.4 is 5.73 Å². The van der Waals surface area contributed by atoms with E-state index in [9.17, 15) is 0 Å². The van der Waals surface area contributed by atoms with Gasteiger partial charge in [0.2, 0.25) is 6.39 Å². The zero-order chi connectivity index (χ0) is 13.1. The van der Waals surface area contributed by atoms with E-state index in [1.807, 2.05) is 6.20 Å². The Morgan fingerprint density at radius 3 is 3.21 bits per heavy atom. The van der Waals surface area contributed by atoms with Crippen molar-refractivity contribution < 1.29 is 9.26 Å². The van der Waals surface area contributed by atoms with Crippen molar-refractivity contribution in [2.45, 2.75) is 25.4 Å². The van der Waals surface area contributed by atoms with E-state index in [4.69, 9.17) is 15.0 Å². The van der Waals surface area contributed by atoms with Gasteiger partial charge in [0, 0.05) is 31.7 Å². The summed E-state index contributed by atoms with van der Waals surface area (Å²) in [5.41, 5.74) is 7.34. The number of aromatic nitrogens is 4. The van der Waals surface area contributed by atoms with Gasteiger partial charge in [-0.1, -0.05) is 5.16 Å². The van der Waals surface area contributed by atoms with Crippen molar-refractivity contribution in [2.75, 3.05) is 13.2 Å². The van der Waals surface area contributed by atoms with Crippen molar-refractivity contribution in [3.8, 4) is 0 Å². The minimum Gasteiger partial charge on any atom is -0.381 e. The van der Waals surface area contributed by atoms with Gasteiger partial charge in [0.15, 0.2) is 5.82 Å². The van der Waals surface area contributed by atoms with Crippen molar-refractivity contribution >= 4 is 0 Å². The van der Waals surface area contributed by atoms with E-state index in [1.165, 1.54) is 6.39 Å². The van der Waals surface area contributed by atoms with Gasteiger partial charge in [-0.25, -0.2) is 4.98 Å². The predicted octanol–water partition coefficient (Wildman–Crippen LogP) is 0.545. The minimum absolute atomic E-state index is 0.0322. The molecule has 0 saturated carbocycles. The Morgan fingerprint density at radius 2 is 2.47 bits per heavy atom. The van der Waals surface area contributed by atoms with Gasteiger partial charge in [-0.3, -0.25) is 0 Å². The van der Waals surface area contributed by atoms with Gasteiger partial charge in [0.05, 0.1) is 24.7 Å². The number of nitrogens with two attached hydrogens (primary N) is 1. The van der Waals surface area contributed by atoms with Crippen molar-refractivity contribution in [3.05, 3.63) is 30.4 Å². The SMILES string of the molecule is NC(c1cncn1CCc1ncon1)C1CCOC1. The second-order valence-corrected chi connectivity index (χ2v) is 4.76. The van der Waals surface area contributed by atoms with E-state index in [-0.39, 0.29) is 6.04 Å². The largest absolute Gasteiger partial charge is 0.381 e. The lowest BCUT2D eigenvalue weighted by Gasteiger charge is -2.19. The normalized spacial score (nSPS) is 20.8. The third kappa shape index (κ3) is 2.66. The summed E-state index contributed by atoms with van der Waals surface area (Å²) in [6, 6.07) is -0.0322. The smallest absolute Gasteiger partial charge is 0.213 e. The van der Waals surface area contributed by atoms with Crippen molar-refractivity contribution in [1.29, 1.82) is 0 Å². The molecule has 0 bridgehead atoms. The number of hydrogen-bond donors (Lipinski definition) is 1. The average molecular weight is 263 g/mol. The standard InChI is InChI=1S/C12H17N5O2/c13-12(9-2-4-18-6-9)10-5-14-7-17(10)3-1-11-15-8-19-16-11/h5,7-9,12H,1-4,6,13H2. The molecular weight excluding hydrogens is 246 g/mol. The second-order valence-electron chi connectivity index (χ2n) is 4.76. The molecule has 0 radical (unpaired) electrons. The van der Waals surface area contributed by atoms with Crippen LogP contribution in [0, 0.1) is 5.92 Å². The summed E-state index contributed by atoms with van der Waals surface area (Å²) in [5, 5.41) is 3.80. The maximum absolute atomic E-state index is 6.30. The first kappa shape index (κ1) is 12.3. The fraction of sp³-hybridized carbons (Fsp3) is 0.583. The zero-order valence-electron chi connectivity index (χ0n) is 10.6. The number of nitrogens with zero attached hydrogens (tertiary/aromatic N) is 4. The molecule has 2 atom stereocenters. The number of ether oxygens (including phenoxy) is 1. The van der Waals surface area contributed by atoms with Crippen LogP contribution in [-0.4, -0.2) is 32.9 Å². The molecular formula is C12H17N5O2. The molecule has 0 amide bonds. The van der Waals surface area contributed by atoms with E-state index in [2.05, 4.69) is 19.7 Å². The highest BCUT2D eigenvalue weighted by Crippen LogP contribution is 2.26. The Bertz CT molecular complexity index is 504. The fourth-order valence-electron chi connectivity index (χ4n) is 2.40. The first-order valence-corrected chi connectivity index (χ1v) is 6.43. The summed E-state index contributed by atoms with van der Waals surface area (Å²) in [5.74, 6) is 1.07. The first-order valence-electron chi connectivity index (χ1n) is 6.43. The lowest BCUT2D eigenvalue weighted by atomic mass is 9.97. The number of aryl methyl sites for hydroxylation is 2. The van der Waals surface area contributed by atoms with Crippen LogP contribution in [0.1, 0.15) is 24.0 Å². The van der Waals surface area contributed by atoms with Gasteiger partial charge in [-0.05, 0) is 6.42 Å². The topological polar surface area (TPSA) is 92.0 Å². The maximum Gasteiger partial charge on any atom is 0.213 e. The Kier molecular flexibility index (Phi) is 3.56. The Balaban J connectivity index is 1.67. The van der Waals surface area contributed by atoms with Crippen LogP contribution in [0.5, 0.6) is 0 Å². The molecule has 2 N–H and O–H groups in total. The van der Waals surface area contributed by atoms with Gasteiger partial charge >= 0.3 is 0 Å². The van der Waals surface area contributed by atoms with Gasteiger partial charge in [0.25, 0.3) is 0 Å². The third-order valence-corrected chi connectivity index (χ3v) is 3.54. The van der Waals surface area contributed by atoms with Crippen LogP contribution in [-0.2, 0) is 17.7 Å². The van der Waals surface area contributed by atoms with Gasteiger partial charge in [0.1, 0.15) is 0 Å². The van der Waals surface area contributed by atoms with Crippen LogP contribution in [0.25, 0.3) is 0 Å². The molecule has 3 rings (SSSR count). The van der Waals surface area contributed by atoms with Gasteiger partial charge < -0.3 is 19.6 Å². The summed E-state index contributed by atoms with van der Waals surface area (Å²) in [4.78, 5) is 8.20. The Morgan fingerprint density at radius 1 is 1.53 bits per heavy atom. The second kappa shape index (κ2) is 5.50. The number of hydrogen-bond acceptors (Lipinski definition) is 6. The van der Waals surface area contributed by atoms with E-state index >= 15 is 0 Å². The molecule has 2 unspecified atom stereocenters. The molecule has 1 saturated heterocycles. The molecule has 1 aliphatic rings. The third-order valence-electron chi connectivity index (χ3n) is 3.54. The van der Waals surface area contributed by atoms with E-state index in [1.54, 1.807) is 6.33 Å². The maximum atomic E-state index is 6.30. The lowest BCUT2D eigenvalue weighted by molar-refractivity contribution is 0.180. The summed E-state index contributed by atoms with van der Waals surface area (Å²) >= 11 is 0. The van der Waals surface area contributed by atoms with Crippen LogP contribution in [0.3, 0.4) is 0 Å². The molecule has 102 valence electrons. The quantitative estimate of drug-likeness (QED) is 0.846. The first-order chi connectivity index (χ1) is 9.34. The lowest BCUT2D eigenvalue weighted by Crippen LogP contribution is -2.24. The van der Waals surface area contributed by atoms with Crippen LogP contribution in [0.15, 0.2) is 23.4 Å². The molecule has 7 heteroatoms. The highest BCUT2D eigenvalue weighted by atomic mass is 16.5. The highest BCUT2D eigenvalue weighted by Gasteiger charge is 2.26. The summed E-state index contributed by atoms with van der Waals surface area (Å²) in [6.45, 7) is 2.28. The van der Waals surface area contributed by atoms with Crippen LogP contribution in [0.4, 0.5) is 0 Å². The van der Waals surface area contributed by atoms with Crippen molar-refractivity contribution in [2.24, 2.45) is 11.7 Å². The number of rotatable bonds is 5. The number of imidazole rings is 1. The summed E-state index contributed by atoms with van der Waals surface area (Å²) < 4.78 is 12.2. The Labute approximate surface area is 110 Å². The predicted molar refractivity (Wildman–Crippen MR) is 66.1 cm³/mol. The summed E-state index contributed by atoms with van der Waals surface area (Å²) in [6.07, 6.45) is 6.68. The monoisotopic (exact) mass is 263 g/mol. The molecule has 2 aromatic rings. The van der Waals surface area contributed by atoms with Crippen molar-refractivity contribution in [3.63, 3.8) is 0 Å². The molecule has 2 aromatic heterocycles. The van der Waals surface area contributed by atoms with Crippen LogP contribution in [0.2, 0.25) is 0 Å². The summed E-state index contributed by atoms with van der Waals surface area (Å²) in [7, 11) is 0. The molecule has 0 aliphatic carbocycles. The molecule has 3 heterocycles. The van der Waals surface area contributed by atoms with E-state index < -0.39 is 0 Å². The molecule has 19 heavy (non-hydrogen) atoms. The molecule has 1 aliphatic heterocycles. The molecule has 0 aromatic carbocycles. The molecule has 7 nitrogen and oxygen atoms in total. The van der Waals surface area contributed by atoms with Crippen LogP contribution >= 0.6 is 0 Å². The van der Waals surface area contributed by atoms with E-state index in [0.29, 0.717) is 18.2 Å². The fourth-order valence-corrected chi connectivity index (χ4v) is 2.40.